The third-order valence-electron chi connectivity index (χ3n) is 4.96. The van der Waals surface area contributed by atoms with Gasteiger partial charge in [-0.25, -0.2) is 9.50 Å². The van der Waals surface area contributed by atoms with Crippen LogP contribution in [0.25, 0.3) is 5.65 Å². The predicted octanol–water partition coefficient (Wildman–Crippen LogP) is 1.50. The largest absolute Gasteiger partial charge is 0.355 e. The van der Waals surface area contributed by atoms with Crippen molar-refractivity contribution >= 4 is 17.5 Å². The second-order valence-corrected chi connectivity index (χ2v) is 6.57. The van der Waals surface area contributed by atoms with Crippen molar-refractivity contribution < 1.29 is 9.59 Å². The summed E-state index contributed by atoms with van der Waals surface area (Å²) in [5, 5.41) is 6.98. The van der Waals surface area contributed by atoms with E-state index in [1.165, 1.54) is 6.20 Å². The van der Waals surface area contributed by atoms with Gasteiger partial charge in [-0.15, -0.1) is 0 Å². The van der Waals surface area contributed by atoms with Crippen molar-refractivity contribution in [3.05, 3.63) is 59.8 Å². The zero-order valence-corrected chi connectivity index (χ0v) is 15.0. The quantitative estimate of drug-likeness (QED) is 0.760. The van der Waals surface area contributed by atoms with Crippen molar-refractivity contribution in [2.24, 2.45) is 0 Å². The topological polar surface area (TPSA) is 92.5 Å². The molecule has 0 aliphatic carbocycles. The number of carbonyl (C=O) groups excluding carboxylic acids is 2. The Morgan fingerprint density at radius 1 is 1.19 bits per heavy atom. The predicted molar refractivity (Wildman–Crippen MR) is 98.5 cm³/mol. The summed E-state index contributed by atoms with van der Waals surface area (Å²) in [6.45, 7) is 1.34. The van der Waals surface area contributed by atoms with E-state index in [0.717, 1.165) is 25.1 Å². The normalized spacial score (nSPS) is 17.1. The number of hydrogen-bond acceptors (Lipinski definition) is 5. The van der Waals surface area contributed by atoms with Gasteiger partial charge in [-0.05, 0) is 31.0 Å². The minimum Gasteiger partial charge on any atom is -0.355 e. The first-order valence-electron chi connectivity index (χ1n) is 8.93. The number of rotatable bonds is 3. The smallest absolute Gasteiger partial charge is 0.256 e. The van der Waals surface area contributed by atoms with Crippen molar-refractivity contribution in [2.45, 2.75) is 18.8 Å². The van der Waals surface area contributed by atoms with E-state index in [9.17, 15) is 9.59 Å². The van der Waals surface area contributed by atoms with Gasteiger partial charge < -0.3 is 10.2 Å². The zero-order valence-electron chi connectivity index (χ0n) is 15.0. The minimum absolute atomic E-state index is 0.0129. The molecule has 0 saturated carbocycles. The van der Waals surface area contributed by atoms with E-state index in [1.54, 1.807) is 42.3 Å². The van der Waals surface area contributed by atoms with Crippen molar-refractivity contribution in [1.29, 1.82) is 0 Å². The van der Waals surface area contributed by atoms with Crippen LogP contribution in [0.3, 0.4) is 0 Å². The number of nitrogens with one attached hydrogen (secondary N) is 1. The van der Waals surface area contributed by atoms with Crippen LogP contribution in [0.15, 0.2) is 43.0 Å². The van der Waals surface area contributed by atoms with E-state index in [-0.39, 0.29) is 17.7 Å². The fourth-order valence-corrected chi connectivity index (χ4v) is 3.59. The van der Waals surface area contributed by atoms with Gasteiger partial charge >= 0.3 is 0 Å². The molecule has 1 atom stereocenters. The Hall–Kier alpha value is -3.29. The first-order valence-corrected chi connectivity index (χ1v) is 8.93. The number of carbonyl (C=O) groups is 2. The lowest BCUT2D eigenvalue weighted by molar-refractivity contribution is 0.0705. The average molecular weight is 364 g/mol. The molecule has 4 heterocycles. The molecule has 1 aliphatic rings. The zero-order chi connectivity index (χ0) is 18.8. The molecule has 1 aliphatic heterocycles. The van der Waals surface area contributed by atoms with E-state index in [1.807, 2.05) is 11.0 Å². The molecule has 1 N–H and O–H groups in total. The Morgan fingerprint density at radius 3 is 2.78 bits per heavy atom. The summed E-state index contributed by atoms with van der Waals surface area (Å²) in [6, 6.07) is 5.39. The molecule has 0 bridgehead atoms. The molecule has 2 amide bonds. The molecule has 3 aromatic rings. The van der Waals surface area contributed by atoms with Gasteiger partial charge in [0.1, 0.15) is 5.56 Å². The van der Waals surface area contributed by atoms with Crippen LogP contribution in [-0.2, 0) is 0 Å². The summed E-state index contributed by atoms with van der Waals surface area (Å²) in [6.07, 6.45) is 8.36. The molecule has 8 heteroatoms. The highest BCUT2D eigenvalue weighted by atomic mass is 16.2. The van der Waals surface area contributed by atoms with Gasteiger partial charge in [-0.1, -0.05) is 0 Å². The summed E-state index contributed by atoms with van der Waals surface area (Å²) in [5.41, 5.74) is 2.58. The van der Waals surface area contributed by atoms with Crippen molar-refractivity contribution in [3.63, 3.8) is 0 Å². The Bertz CT molecular complexity index is 984. The Morgan fingerprint density at radius 2 is 2.00 bits per heavy atom. The van der Waals surface area contributed by atoms with Gasteiger partial charge in [-0.2, -0.15) is 5.10 Å². The van der Waals surface area contributed by atoms with Crippen LogP contribution in [0, 0.1) is 0 Å². The second kappa shape index (κ2) is 7.14. The molecular formula is C19H20N6O2. The van der Waals surface area contributed by atoms with Gasteiger partial charge in [0.05, 0.1) is 11.9 Å². The van der Waals surface area contributed by atoms with E-state index < -0.39 is 0 Å². The van der Waals surface area contributed by atoms with Crippen LogP contribution in [0.1, 0.15) is 45.2 Å². The first kappa shape index (κ1) is 17.1. The number of aromatic nitrogens is 4. The van der Waals surface area contributed by atoms with E-state index in [4.69, 9.17) is 0 Å². The Kier molecular flexibility index (Phi) is 4.53. The van der Waals surface area contributed by atoms with E-state index in [0.29, 0.717) is 23.3 Å². The number of fused-ring (bicyclic) bond motifs is 1. The Labute approximate surface area is 156 Å². The first-order chi connectivity index (χ1) is 13.2. The van der Waals surface area contributed by atoms with Crippen molar-refractivity contribution in [3.8, 4) is 0 Å². The number of pyridine rings is 1. The van der Waals surface area contributed by atoms with Crippen LogP contribution in [-0.4, -0.2) is 56.4 Å². The molecule has 1 fully saturated rings. The Balaban J connectivity index is 1.63. The standard InChI is InChI=1S/C19H20N6O2/c1-20-18(26)15-11-23-25-16(6-9-22-17(15)25)14-3-2-10-24(12-14)19(27)13-4-7-21-8-5-13/h4-9,11,14H,2-3,10,12H2,1H3,(H,20,26)/t14-/m0/s1. The highest BCUT2D eigenvalue weighted by Crippen LogP contribution is 2.28. The summed E-state index contributed by atoms with van der Waals surface area (Å²) >= 11 is 0. The molecule has 8 nitrogen and oxygen atoms in total. The fourth-order valence-electron chi connectivity index (χ4n) is 3.59. The molecular weight excluding hydrogens is 344 g/mol. The van der Waals surface area contributed by atoms with Crippen molar-refractivity contribution in [2.75, 3.05) is 20.1 Å². The van der Waals surface area contributed by atoms with Crippen LogP contribution in [0.4, 0.5) is 0 Å². The van der Waals surface area contributed by atoms with Crippen LogP contribution < -0.4 is 5.32 Å². The lowest BCUT2D eigenvalue weighted by Gasteiger charge is -2.33. The lowest BCUT2D eigenvalue weighted by Crippen LogP contribution is -2.39. The van der Waals surface area contributed by atoms with E-state index in [2.05, 4.69) is 20.4 Å². The number of piperidine rings is 1. The molecule has 1 saturated heterocycles. The van der Waals surface area contributed by atoms with Crippen LogP contribution in [0.5, 0.6) is 0 Å². The number of amides is 2. The van der Waals surface area contributed by atoms with Gasteiger partial charge in [0, 0.05) is 50.2 Å². The second-order valence-electron chi connectivity index (χ2n) is 6.57. The summed E-state index contributed by atoms with van der Waals surface area (Å²) in [4.78, 5) is 35.0. The third kappa shape index (κ3) is 3.14. The minimum atomic E-state index is -0.215. The maximum Gasteiger partial charge on any atom is 0.256 e. The molecule has 0 radical (unpaired) electrons. The van der Waals surface area contributed by atoms with Gasteiger partial charge in [0.2, 0.25) is 0 Å². The van der Waals surface area contributed by atoms with Gasteiger partial charge in [0.15, 0.2) is 5.65 Å². The van der Waals surface area contributed by atoms with Crippen LogP contribution in [0.2, 0.25) is 0 Å². The van der Waals surface area contributed by atoms with Crippen LogP contribution >= 0.6 is 0 Å². The molecule has 138 valence electrons. The fraction of sp³-hybridized carbons (Fsp3) is 0.316. The van der Waals surface area contributed by atoms with E-state index >= 15 is 0 Å². The average Bonchev–Trinajstić information content (AvgIpc) is 3.17. The highest BCUT2D eigenvalue weighted by molar-refractivity contribution is 5.99. The maximum atomic E-state index is 12.8. The number of likely N-dealkylation sites (tertiary alicyclic amines) is 1. The van der Waals surface area contributed by atoms with Gasteiger partial charge in [-0.3, -0.25) is 14.6 Å². The SMILES string of the molecule is CNC(=O)c1cnn2c([C@H]3CCCN(C(=O)c4ccncc4)C3)ccnc12. The highest BCUT2D eigenvalue weighted by Gasteiger charge is 2.28. The number of hydrogen-bond donors (Lipinski definition) is 1. The molecule has 27 heavy (non-hydrogen) atoms. The lowest BCUT2D eigenvalue weighted by atomic mass is 9.94. The maximum absolute atomic E-state index is 12.8. The summed E-state index contributed by atoms with van der Waals surface area (Å²) in [5.74, 6) is -0.0702. The van der Waals surface area contributed by atoms with Crippen molar-refractivity contribution in [1.82, 2.24) is 29.8 Å². The molecule has 4 rings (SSSR count). The summed E-state index contributed by atoms with van der Waals surface area (Å²) < 4.78 is 1.72. The molecule has 0 unspecified atom stereocenters. The molecule has 3 aromatic heterocycles. The molecule has 0 aromatic carbocycles. The number of nitrogens with zero attached hydrogens (tertiary/aromatic N) is 5. The molecule has 0 spiro atoms. The third-order valence-corrected chi connectivity index (χ3v) is 4.96. The monoisotopic (exact) mass is 364 g/mol. The van der Waals surface area contributed by atoms with Gasteiger partial charge in [0.25, 0.3) is 11.8 Å². The summed E-state index contributed by atoms with van der Waals surface area (Å²) in [7, 11) is 1.58.